The van der Waals surface area contributed by atoms with Gasteiger partial charge in [-0.3, -0.25) is 14.7 Å². The van der Waals surface area contributed by atoms with Gasteiger partial charge in [0.25, 0.3) is 0 Å². The Morgan fingerprint density at radius 2 is 2.26 bits per heavy atom. The van der Waals surface area contributed by atoms with Gasteiger partial charge in [0, 0.05) is 32.4 Å². The lowest BCUT2D eigenvalue weighted by molar-refractivity contribution is -0.138. The van der Waals surface area contributed by atoms with Crippen LogP contribution in [0.25, 0.3) is 0 Å². The van der Waals surface area contributed by atoms with Gasteiger partial charge in [-0.2, -0.15) is 5.26 Å². The van der Waals surface area contributed by atoms with E-state index in [0.29, 0.717) is 18.7 Å². The minimum atomic E-state index is -0.799. The van der Waals surface area contributed by atoms with E-state index < -0.39 is 5.97 Å². The van der Waals surface area contributed by atoms with E-state index >= 15 is 0 Å². The molecule has 0 atom stereocenters. The van der Waals surface area contributed by atoms with Gasteiger partial charge in [0.05, 0.1) is 24.0 Å². The van der Waals surface area contributed by atoms with E-state index in [9.17, 15) is 4.79 Å². The molecule has 0 aromatic carbocycles. The standard InChI is InChI=1S/C13H16N4O2/c14-8-11-2-3-15-9-12(11)17-5-1-4-16(6-7-17)10-13(18)19/h2-3,9H,1,4-7,10H2,(H,18,19). The van der Waals surface area contributed by atoms with E-state index in [1.54, 1.807) is 18.5 Å². The summed E-state index contributed by atoms with van der Waals surface area (Å²) in [6.45, 7) is 3.06. The number of aromatic nitrogens is 1. The van der Waals surface area contributed by atoms with Crippen LogP contribution in [0, 0.1) is 11.3 Å². The highest BCUT2D eigenvalue weighted by molar-refractivity contribution is 5.69. The number of anilines is 1. The van der Waals surface area contributed by atoms with Crippen LogP contribution in [0.1, 0.15) is 12.0 Å². The van der Waals surface area contributed by atoms with Crippen molar-refractivity contribution in [1.82, 2.24) is 9.88 Å². The van der Waals surface area contributed by atoms with E-state index in [0.717, 1.165) is 25.2 Å². The van der Waals surface area contributed by atoms with Crippen LogP contribution in [-0.4, -0.2) is 53.7 Å². The van der Waals surface area contributed by atoms with Gasteiger partial charge >= 0.3 is 5.97 Å². The molecule has 0 radical (unpaired) electrons. The molecule has 19 heavy (non-hydrogen) atoms. The lowest BCUT2D eigenvalue weighted by Crippen LogP contribution is -2.34. The molecule has 6 heteroatoms. The Hall–Kier alpha value is -2.13. The molecule has 2 heterocycles. The predicted octanol–water partition coefficient (Wildman–Crippen LogP) is 0.550. The zero-order valence-electron chi connectivity index (χ0n) is 10.6. The summed E-state index contributed by atoms with van der Waals surface area (Å²) in [4.78, 5) is 18.8. The molecule has 1 saturated heterocycles. The summed E-state index contributed by atoms with van der Waals surface area (Å²) in [7, 11) is 0. The van der Waals surface area contributed by atoms with Gasteiger partial charge in [0.2, 0.25) is 0 Å². The molecule has 2 rings (SSSR count). The zero-order valence-corrected chi connectivity index (χ0v) is 10.6. The molecule has 0 unspecified atom stereocenters. The van der Waals surface area contributed by atoms with Crippen molar-refractivity contribution in [3.05, 3.63) is 24.0 Å². The van der Waals surface area contributed by atoms with Crippen molar-refractivity contribution in [3.8, 4) is 6.07 Å². The average molecular weight is 260 g/mol. The van der Waals surface area contributed by atoms with E-state index in [4.69, 9.17) is 10.4 Å². The molecule has 0 bridgehead atoms. The minimum Gasteiger partial charge on any atom is -0.480 e. The van der Waals surface area contributed by atoms with Gasteiger partial charge in [-0.25, -0.2) is 0 Å². The molecule has 0 amide bonds. The highest BCUT2D eigenvalue weighted by Crippen LogP contribution is 2.19. The summed E-state index contributed by atoms with van der Waals surface area (Å²) in [6.07, 6.45) is 4.19. The van der Waals surface area contributed by atoms with Crippen molar-refractivity contribution in [3.63, 3.8) is 0 Å². The molecular formula is C13H16N4O2. The van der Waals surface area contributed by atoms with Gasteiger partial charge in [-0.05, 0) is 12.5 Å². The Morgan fingerprint density at radius 3 is 3.00 bits per heavy atom. The molecule has 1 aromatic heterocycles. The van der Waals surface area contributed by atoms with Crippen molar-refractivity contribution >= 4 is 11.7 Å². The number of hydrogen-bond acceptors (Lipinski definition) is 5. The third-order valence-corrected chi connectivity index (χ3v) is 3.21. The van der Waals surface area contributed by atoms with E-state index in [-0.39, 0.29) is 6.54 Å². The molecule has 0 saturated carbocycles. The Morgan fingerprint density at radius 1 is 1.42 bits per heavy atom. The number of nitriles is 1. The highest BCUT2D eigenvalue weighted by atomic mass is 16.4. The van der Waals surface area contributed by atoms with Crippen LogP contribution >= 0.6 is 0 Å². The van der Waals surface area contributed by atoms with Gasteiger partial charge in [-0.1, -0.05) is 0 Å². The summed E-state index contributed by atoms with van der Waals surface area (Å²) < 4.78 is 0. The quantitative estimate of drug-likeness (QED) is 0.854. The Balaban J connectivity index is 2.07. The summed E-state index contributed by atoms with van der Waals surface area (Å²) in [5.74, 6) is -0.799. The maximum absolute atomic E-state index is 10.7. The second-order valence-corrected chi connectivity index (χ2v) is 4.52. The Labute approximate surface area is 111 Å². The fourth-order valence-electron chi connectivity index (χ4n) is 2.29. The van der Waals surface area contributed by atoms with Crippen LogP contribution in [-0.2, 0) is 4.79 Å². The van der Waals surface area contributed by atoms with Crippen molar-refractivity contribution in [2.75, 3.05) is 37.6 Å². The molecule has 1 aromatic rings. The van der Waals surface area contributed by atoms with Crippen molar-refractivity contribution in [2.45, 2.75) is 6.42 Å². The number of hydrogen-bond donors (Lipinski definition) is 1. The fourth-order valence-corrected chi connectivity index (χ4v) is 2.29. The number of pyridine rings is 1. The number of carbonyl (C=O) groups is 1. The van der Waals surface area contributed by atoms with Gasteiger partial charge in [-0.15, -0.1) is 0 Å². The molecule has 6 nitrogen and oxygen atoms in total. The Bertz CT molecular complexity index is 498. The number of carboxylic acids is 1. The molecule has 0 spiro atoms. The van der Waals surface area contributed by atoms with Crippen LogP contribution in [0.4, 0.5) is 5.69 Å². The third kappa shape index (κ3) is 3.42. The summed E-state index contributed by atoms with van der Waals surface area (Å²) in [6, 6.07) is 3.87. The highest BCUT2D eigenvalue weighted by Gasteiger charge is 2.18. The molecule has 0 aliphatic carbocycles. The SMILES string of the molecule is N#Cc1ccncc1N1CCCN(CC(=O)O)CC1. The van der Waals surface area contributed by atoms with Crippen LogP contribution in [0.5, 0.6) is 0 Å². The first kappa shape index (κ1) is 13.3. The van der Waals surface area contributed by atoms with Crippen molar-refractivity contribution in [1.29, 1.82) is 5.26 Å². The fraction of sp³-hybridized carbons (Fsp3) is 0.462. The van der Waals surface area contributed by atoms with Crippen LogP contribution in [0.15, 0.2) is 18.5 Å². The Kier molecular flexibility index (Phi) is 4.31. The normalized spacial score (nSPS) is 16.7. The number of rotatable bonds is 3. The first-order chi connectivity index (χ1) is 9.20. The first-order valence-corrected chi connectivity index (χ1v) is 6.24. The lowest BCUT2D eigenvalue weighted by Gasteiger charge is -2.23. The van der Waals surface area contributed by atoms with Crippen LogP contribution < -0.4 is 4.90 Å². The van der Waals surface area contributed by atoms with Crippen LogP contribution in [0.2, 0.25) is 0 Å². The minimum absolute atomic E-state index is 0.0754. The molecule has 1 N–H and O–H groups in total. The molecule has 100 valence electrons. The summed E-state index contributed by atoms with van der Waals surface area (Å²) in [5.41, 5.74) is 1.45. The van der Waals surface area contributed by atoms with Crippen molar-refractivity contribution < 1.29 is 9.90 Å². The summed E-state index contributed by atoms with van der Waals surface area (Å²) in [5, 5.41) is 17.9. The van der Waals surface area contributed by atoms with Crippen molar-refractivity contribution in [2.24, 2.45) is 0 Å². The third-order valence-electron chi connectivity index (χ3n) is 3.21. The largest absolute Gasteiger partial charge is 0.480 e. The predicted molar refractivity (Wildman–Crippen MR) is 69.9 cm³/mol. The summed E-state index contributed by atoms with van der Waals surface area (Å²) >= 11 is 0. The number of nitrogens with zero attached hydrogens (tertiary/aromatic N) is 4. The maximum Gasteiger partial charge on any atom is 0.317 e. The maximum atomic E-state index is 10.7. The molecule has 1 fully saturated rings. The first-order valence-electron chi connectivity index (χ1n) is 6.24. The molecule has 1 aliphatic rings. The van der Waals surface area contributed by atoms with Crippen LogP contribution in [0.3, 0.4) is 0 Å². The number of aliphatic carboxylic acids is 1. The van der Waals surface area contributed by atoms with E-state index in [1.165, 1.54) is 0 Å². The monoisotopic (exact) mass is 260 g/mol. The molecular weight excluding hydrogens is 244 g/mol. The zero-order chi connectivity index (χ0) is 13.7. The van der Waals surface area contributed by atoms with E-state index in [1.807, 2.05) is 4.90 Å². The second-order valence-electron chi connectivity index (χ2n) is 4.52. The lowest BCUT2D eigenvalue weighted by atomic mass is 10.2. The van der Waals surface area contributed by atoms with Gasteiger partial charge < -0.3 is 10.0 Å². The number of carboxylic acid groups (broad SMARTS) is 1. The average Bonchev–Trinajstić information content (AvgIpc) is 2.63. The van der Waals surface area contributed by atoms with Gasteiger partial charge in [0.15, 0.2) is 0 Å². The smallest absolute Gasteiger partial charge is 0.317 e. The van der Waals surface area contributed by atoms with Gasteiger partial charge in [0.1, 0.15) is 6.07 Å². The second kappa shape index (κ2) is 6.16. The molecule has 1 aliphatic heterocycles. The van der Waals surface area contributed by atoms with E-state index in [2.05, 4.69) is 16.0 Å². The topological polar surface area (TPSA) is 80.5 Å².